The van der Waals surface area contributed by atoms with Crippen LogP contribution in [-0.2, 0) is 19.6 Å². The minimum absolute atomic E-state index is 0.508. The third-order valence-corrected chi connectivity index (χ3v) is 4.11. The molecule has 21 heavy (non-hydrogen) atoms. The van der Waals surface area contributed by atoms with E-state index in [2.05, 4.69) is 0 Å². The van der Waals surface area contributed by atoms with E-state index in [1.165, 1.54) is 6.08 Å². The molecule has 1 aliphatic carbocycles. The van der Waals surface area contributed by atoms with Crippen molar-refractivity contribution >= 4 is 22.0 Å². The van der Waals surface area contributed by atoms with E-state index in [-0.39, 0.29) is 0 Å². The maximum Gasteiger partial charge on any atom is 0.262 e. The van der Waals surface area contributed by atoms with Crippen molar-refractivity contribution in [1.82, 2.24) is 4.72 Å². The molecule has 1 aromatic carbocycles. The molecular weight excluding hydrogens is 290 g/mol. The molecule has 0 aliphatic heterocycles. The molecule has 1 fully saturated rings. The number of hydrogen-bond donors (Lipinski definition) is 1. The fourth-order valence-electron chi connectivity index (χ4n) is 1.63. The zero-order chi connectivity index (χ0) is 15.3. The fraction of sp³-hybridized carbons (Fsp3) is 0.400. The molecule has 1 amide bonds. The summed E-state index contributed by atoms with van der Waals surface area (Å²) in [5.41, 5.74) is 0.744. The van der Waals surface area contributed by atoms with Crippen LogP contribution >= 0.6 is 0 Å². The first kappa shape index (κ1) is 15.7. The zero-order valence-corrected chi connectivity index (χ0v) is 12.7. The molecule has 1 saturated carbocycles. The van der Waals surface area contributed by atoms with E-state index in [0.717, 1.165) is 23.8 Å². The highest BCUT2D eigenvalue weighted by atomic mass is 32.2. The van der Waals surface area contributed by atoms with Gasteiger partial charge in [0.15, 0.2) is 0 Å². The average molecular weight is 309 g/mol. The van der Waals surface area contributed by atoms with Gasteiger partial charge in [-0.15, -0.1) is 0 Å². The van der Waals surface area contributed by atoms with Crippen LogP contribution in [-0.4, -0.2) is 27.0 Å². The fourth-order valence-corrected chi connectivity index (χ4v) is 2.48. The van der Waals surface area contributed by atoms with Crippen LogP contribution in [0.1, 0.15) is 25.3 Å². The van der Waals surface area contributed by atoms with E-state index >= 15 is 0 Å². The number of rotatable bonds is 7. The van der Waals surface area contributed by atoms with Gasteiger partial charge in [0.2, 0.25) is 0 Å². The Labute approximate surface area is 125 Å². The van der Waals surface area contributed by atoms with Gasteiger partial charge in [-0.1, -0.05) is 30.3 Å². The van der Waals surface area contributed by atoms with Gasteiger partial charge in [0, 0.05) is 0 Å². The second-order valence-corrected chi connectivity index (χ2v) is 6.71. The molecule has 1 aliphatic rings. The van der Waals surface area contributed by atoms with Crippen LogP contribution in [0.3, 0.4) is 0 Å². The van der Waals surface area contributed by atoms with Crippen LogP contribution in [0.25, 0.3) is 6.08 Å². The molecule has 1 atom stereocenters. The maximum atomic E-state index is 11.8. The standard InChI is InChI=1S/C15H19NO4S/c1-12(20-11-14-7-8-14)15(17)16-21(18,19)10-9-13-5-3-2-4-6-13/h2-6,9-10,12,14H,7-8,11H2,1H3,(H,16,17)/b10-9+. The lowest BCUT2D eigenvalue weighted by Gasteiger charge is -2.12. The number of sulfonamides is 1. The number of ether oxygens (including phenoxy) is 1. The summed E-state index contributed by atoms with van der Waals surface area (Å²) >= 11 is 0. The minimum Gasteiger partial charge on any atom is -0.368 e. The SMILES string of the molecule is CC(OCC1CC1)C(=O)NS(=O)(=O)/C=C/c1ccccc1. The van der Waals surface area contributed by atoms with E-state index < -0.39 is 22.0 Å². The maximum absolute atomic E-state index is 11.8. The Morgan fingerprint density at radius 3 is 2.67 bits per heavy atom. The monoisotopic (exact) mass is 309 g/mol. The Morgan fingerprint density at radius 2 is 2.05 bits per heavy atom. The third-order valence-electron chi connectivity index (χ3n) is 3.13. The quantitative estimate of drug-likeness (QED) is 0.835. The Kier molecular flexibility index (Phi) is 5.14. The normalized spacial score (nSPS) is 16.8. The zero-order valence-electron chi connectivity index (χ0n) is 11.9. The van der Waals surface area contributed by atoms with Crippen LogP contribution in [0.4, 0.5) is 0 Å². The Morgan fingerprint density at radius 1 is 1.38 bits per heavy atom. The molecule has 0 radical (unpaired) electrons. The van der Waals surface area contributed by atoms with Crippen molar-refractivity contribution < 1.29 is 17.9 Å². The summed E-state index contributed by atoms with van der Waals surface area (Å²) < 4.78 is 30.9. The van der Waals surface area contributed by atoms with E-state index in [1.54, 1.807) is 31.2 Å². The van der Waals surface area contributed by atoms with Gasteiger partial charge in [0.05, 0.1) is 12.0 Å². The summed E-state index contributed by atoms with van der Waals surface area (Å²) in [5.74, 6) is -0.122. The van der Waals surface area contributed by atoms with E-state index in [0.29, 0.717) is 12.5 Å². The molecular formula is C15H19NO4S. The molecule has 5 nitrogen and oxygen atoms in total. The molecule has 6 heteroatoms. The summed E-state index contributed by atoms with van der Waals surface area (Å²) in [6.07, 6.45) is 2.90. The minimum atomic E-state index is -3.81. The van der Waals surface area contributed by atoms with Crippen LogP contribution in [0.2, 0.25) is 0 Å². The summed E-state index contributed by atoms with van der Waals surface area (Å²) in [7, 11) is -3.81. The van der Waals surface area contributed by atoms with Crippen molar-refractivity contribution in [3.63, 3.8) is 0 Å². The first-order valence-electron chi connectivity index (χ1n) is 6.88. The third kappa shape index (κ3) is 5.69. The molecule has 1 N–H and O–H groups in total. The van der Waals surface area contributed by atoms with Gasteiger partial charge < -0.3 is 4.74 Å². The van der Waals surface area contributed by atoms with Crippen LogP contribution in [0.5, 0.6) is 0 Å². The predicted molar refractivity (Wildman–Crippen MR) is 80.7 cm³/mol. The first-order chi connectivity index (χ1) is 9.96. The molecule has 114 valence electrons. The van der Waals surface area contributed by atoms with E-state index in [9.17, 15) is 13.2 Å². The topological polar surface area (TPSA) is 72.5 Å². The van der Waals surface area contributed by atoms with Gasteiger partial charge in [0.25, 0.3) is 15.9 Å². The summed E-state index contributed by atoms with van der Waals surface area (Å²) in [6.45, 7) is 2.06. The number of carbonyl (C=O) groups excluding carboxylic acids is 1. The van der Waals surface area contributed by atoms with Crippen molar-refractivity contribution in [3.8, 4) is 0 Å². The van der Waals surface area contributed by atoms with E-state index in [4.69, 9.17) is 4.74 Å². The Balaban J connectivity index is 1.87. The van der Waals surface area contributed by atoms with Gasteiger partial charge in [-0.3, -0.25) is 4.79 Å². The molecule has 0 bridgehead atoms. The van der Waals surface area contributed by atoms with Crippen LogP contribution in [0.15, 0.2) is 35.7 Å². The van der Waals surface area contributed by atoms with Gasteiger partial charge in [-0.2, -0.15) is 0 Å². The molecule has 1 unspecified atom stereocenters. The highest BCUT2D eigenvalue weighted by Crippen LogP contribution is 2.29. The van der Waals surface area contributed by atoms with Crippen molar-refractivity contribution in [2.24, 2.45) is 5.92 Å². The average Bonchev–Trinajstić information content (AvgIpc) is 3.27. The number of amides is 1. The van der Waals surface area contributed by atoms with Crippen LogP contribution < -0.4 is 4.72 Å². The van der Waals surface area contributed by atoms with Gasteiger partial charge in [-0.25, -0.2) is 13.1 Å². The Bertz CT molecular complexity index is 606. The lowest BCUT2D eigenvalue weighted by Crippen LogP contribution is -2.37. The molecule has 2 rings (SSSR count). The number of nitrogens with one attached hydrogen (secondary N) is 1. The first-order valence-corrected chi connectivity index (χ1v) is 8.42. The van der Waals surface area contributed by atoms with Crippen molar-refractivity contribution in [2.45, 2.75) is 25.9 Å². The smallest absolute Gasteiger partial charge is 0.262 e. The second kappa shape index (κ2) is 6.87. The molecule has 0 heterocycles. The second-order valence-electron chi connectivity index (χ2n) is 5.14. The molecule has 0 spiro atoms. The van der Waals surface area contributed by atoms with Gasteiger partial charge in [-0.05, 0) is 37.3 Å². The lowest BCUT2D eigenvalue weighted by atomic mass is 10.2. The highest BCUT2D eigenvalue weighted by Gasteiger charge is 2.25. The Hall–Kier alpha value is -1.66. The number of carbonyl (C=O) groups is 1. The lowest BCUT2D eigenvalue weighted by molar-refractivity contribution is -0.130. The van der Waals surface area contributed by atoms with Crippen molar-refractivity contribution in [2.75, 3.05) is 6.61 Å². The van der Waals surface area contributed by atoms with Crippen LogP contribution in [0, 0.1) is 5.92 Å². The summed E-state index contributed by atoms with van der Waals surface area (Å²) in [5, 5.41) is 0.980. The summed E-state index contributed by atoms with van der Waals surface area (Å²) in [4.78, 5) is 11.8. The largest absolute Gasteiger partial charge is 0.368 e. The molecule has 1 aromatic rings. The molecule has 0 saturated heterocycles. The predicted octanol–water partition coefficient (Wildman–Crippen LogP) is 1.92. The van der Waals surface area contributed by atoms with E-state index in [1.807, 2.05) is 10.8 Å². The number of hydrogen-bond acceptors (Lipinski definition) is 4. The van der Waals surface area contributed by atoms with Crippen molar-refractivity contribution in [3.05, 3.63) is 41.3 Å². The molecule has 0 aromatic heterocycles. The van der Waals surface area contributed by atoms with Gasteiger partial charge >= 0.3 is 0 Å². The highest BCUT2D eigenvalue weighted by molar-refractivity contribution is 7.93. The number of benzene rings is 1. The van der Waals surface area contributed by atoms with Gasteiger partial charge in [0.1, 0.15) is 6.10 Å². The summed E-state index contributed by atoms with van der Waals surface area (Å²) in [6, 6.07) is 8.99. The van der Waals surface area contributed by atoms with Crippen molar-refractivity contribution in [1.29, 1.82) is 0 Å².